The third-order valence-corrected chi connectivity index (χ3v) is 1.70. The highest BCUT2D eigenvalue weighted by atomic mass is 35.5. The summed E-state index contributed by atoms with van der Waals surface area (Å²) in [6.45, 7) is 1.78. The predicted molar refractivity (Wildman–Crippen MR) is 42.5 cm³/mol. The summed E-state index contributed by atoms with van der Waals surface area (Å²) in [7, 11) is 3.11. The van der Waals surface area contributed by atoms with Crippen molar-refractivity contribution in [3.63, 3.8) is 0 Å². The summed E-state index contributed by atoms with van der Waals surface area (Å²) in [4.78, 5) is -0.454. The van der Waals surface area contributed by atoms with E-state index in [0.717, 1.165) is 0 Å². The van der Waals surface area contributed by atoms with Crippen LogP contribution in [0.25, 0.3) is 0 Å². The van der Waals surface area contributed by atoms with Crippen molar-refractivity contribution in [3.05, 3.63) is 0 Å². The minimum absolute atomic E-state index is 0.454. The van der Waals surface area contributed by atoms with E-state index in [0.29, 0.717) is 6.42 Å². The van der Waals surface area contributed by atoms with Crippen LogP contribution in [-0.2, 0) is 9.47 Å². The fourth-order valence-electron chi connectivity index (χ4n) is 0.530. The van der Waals surface area contributed by atoms with Gasteiger partial charge in [0, 0.05) is 20.6 Å². The molecule has 4 heteroatoms. The second-order valence-corrected chi connectivity index (χ2v) is 3.41. The molecule has 0 aliphatic heterocycles. The van der Waals surface area contributed by atoms with Gasteiger partial charge in [-0.3, -0.25) is 0 Å². The van der Waals surface area contributed by atoms with Crippen LogP contribution < -0.4 is 0 Å². The maximum atomic E-state index is 5.53. The molecule has 0 rings (SSSR count). The summed E-state index contributed by atoms with van der Waals surface area (Å²) in [6, 6.07) is 0. The van der Waals surface area contributed by atoms with Crippen molar-refractivity contribution in [1.82, 2.24) is 0 Å². The maximum Gasteiger partial charge on any atom is 0.167 e. The molecule has 2 nitrogen and oxygen atoms in total. The number of halogens is 2. The molecule has 0 aromatic carbocycles. The van der Waals surface area contributed by atoms with Crippen molar-refractivity contribution >= 4 is 23.2 Å². The lowest BCUT2D eigenvalue weighted by Crippen LogP contribution is -2.31. The standard InChI is InChI=1S/C6H12Cl2O2/c1-6(9-2,10-3)4-5(7)8/h5H,4H2,1-3H3. The van der Waals surface area contributed by atoms with Gasteiger partial charge >= 0.3 is 0 Å². The van der Waals surface area contributed by atoms with E-state index in [1.165, 1.54) is 0 Å². The van der Waals surface area contributed by atoms with E-state index in [1.54, 1.807) is 21.1 Å². The number of rotatable bonds is 4. The van der Waals surface area contributed by atoms with Crippen LogP contribution in [0.2, 0.25) is 0 Å². The van der Waals surface area contributed by atoms with Gasteiger partial charge in [-0.05, 0) is 6.92 Å². The Morgan fingerprint density at radius 2 is 1.70 bits per heavy atom. The van der Waals surface area contributed by atoms with E-state index in [9.17, 15) is 0 Å². The molecule has 0 heterocycles. The first-order valence-electron chi connectivity index (χ1n) is 2.92. The summed E-state index contributed by atoms with van der Waals surface area (Å²) >= 11 is 11.1. The predicted octanol–water partition coefficient (Wildman–Crippen LogP) is 2.19. The molecule has 0 unspecified atom stereocenters. The Bertz CT molecular complexity index is 91.7. The smallest absolute Gasteiger partial charge is 0.167 e. The second-order valence-electron chi connectivity index (χ2n) is 2.14. The maximum absolute atomic E-state index is 5.53. The van der Waals surface area contributed by atoms with E-state index in [-0.39, 0.29) is 0 Å². The molecular weight excluding hydrogens is 175 g/mol. The fraction of sp³-hybridized carbons (Fsp3) is 1.00. The summed E-state index contributed by atoms with van der Waals surface area (Å²) in [5.74, 6) is -0.659. The van der Waals surface area contributed by atoms with Gasteiger partial charge in [0.05, 0.1) is 0 Å². The first-order chi connectivity index (χ1) is 4.54. The Labute approximate surface area is 71.4 Å². The molecule has 0 radical (unpaired) electrons. The molecule has 0 bridgehead atoms. The van der Waals surface area contributed by atoms with Gasteiger partial charge in [-0.2, -0.15) is 0 Å². The largest absolute Gasteiger partial charge is 0.353 e. The van der Waals surface area contributed by atoms with Gasteiger partial charge < -0.3 is 9.47 Å². The minimum atomic E-state index is -0.659. The van der Waals surface area contributed by atoms with Crippen molar-refractivity contribution in [2.75, 3.05) is 14.2 Å². The van der Waals surface area contributed by atoms with Crippen LogP contribution in [0.15, 0.2) is 0 Å². The van der Waals surface area contributed by atoms with E-state index in [2.05, 4.69) is 0 Å². The number of hydrogen-bond acceptors (Lipinski definition) is 2. The van der Waals surface area contributed by atoms with Gasteiger partial charge in [0.1, 0.15) is 4.84 Å². The fourth-order valence-corrected chi connectivity index (χ4v) is 1.09. The van der Waals surface area contributed by atoms with Crippen LogP contribution in [0.4, 0.5) is 0 Å². The lowest BCUT2D eigenvalue weighted by Gasteiger charge is -2.26. The van der Waals surface area contributed by atoms with Crippen molar-refractivity contribution in [2.45, 2.75) is 24.0 Å². The number of methoxy groups -OCH3 is 2. The van der Waals surface area contributed by atoms with E-state index in [1.807, 2.05) is 0 Å². The summed E-state index contributed by atoms with van der Waals surface area (Å²) < 4.78 is 10.0. The molecule has 0 fully saturated rings. The third kappa shape index (κ3) is 3.62. The summed E-state index contributed by atoms with van der Waals surface area (Å²) in [6.07, 6.45) is 0.461. The lowest BCUT2D eigenvalue weighted by molar-refractivity contribution is -0.194. The average Bonchev–Trinajstić information content (AvgIpc) is 1.87. The molecule has 0 aliphatic carbocycles. The third-order valence-electron chi connectivity index (χ3n) is 1.39. The monoisotopic (exact) mass is 186 g/mol. The highest BCUT2D eigenvalue weighted by Crippen LogP contribution is 2.22. The van der Waals surface area contributed by atoms with Crippen LogP contribution in [0.1, 0.15) is 13.3 Å². The van der Waals surface area contributed by atoms with Crippen molar-refractivity contribution in [2.24, 2.45) is 0 Å². The van der Waals surface area contributed by atoms with Crippen molar-refractivity contribution in [1.29, 1.82) is 0 Å². The van der Waals surface area contributed by atoms with Crippen LogP contribution in [0, 0.1) is 0 Å². The molecule has 0 aromatic rings. The second kappa shape index (κ2) is 4.39. The highest BCUT2D eigenvalue weighted by Gasteiger charge is 2.25. The van der Waals surface area contributed by atoms with Crippen molar-refractivity contribution < 1.29 is 9.47 Å². The summed E-state index contributed by atoms with van der Waals surface area (Å²) in [5, 5.41) is 0. The normalized spacial score (nSPS) is 12.6. The molecule has 0 aromatic heterocycles. The van der Waals surface area contributed by atoms with Gasteiger partial charge in [0.25, 0.3) is 0 Å². The van der Waals surface area contributed by atoms with E-state index >= 15 is 0 Å². The lowest BCUT2D eigenvalue weighted by atomic mass is 10.2. The van der Waals surface area contributed by atoms with Gasteiger partial charge in [0.15, 0.2) is 5.79 Å². The van der Waals surface area contributed by atoms with Crippen LogP contribution >= 0.6 is 23.2 Å². The van der Waals surface area contributed by atoms with Crippen LogP contribution in [0.3, 0.4) is 0 Å². The molecule has 0 amide bonds. The quantitative estimate of drug-likeness (QED) is 0.496. The Morgan fingerprint density at radius 1 is 1.30 bits per heavy atom. The highest BCUT2D eigenvalue weighted by molar-refractivity contribution is 6.44. The summed E-state index contributed by atoms with van der Waals surface area (Å²) in [5.41, 5.74) is 0. The molecule has 0 saturated heterocycles. The number of alkyl halides is 2. The first kappa shape index (κ1) is 10.5. The Kier molecular flexibility index (Phi) is 4.61. The molecule has 0 N–H and O–H groups in total. The number of hydrogen-bond donors (Lipinski definition) is 0. The molecule has 0 atom stereocenters. The zero-order valence-corrected chi connectivity index (χ0v) is 7.87. The topological polar surface area (TPSA) is 18.5 Å². The molecular formula is C6H12Cl2O2. The van der Waals surface area contributed by atoms with Crippen molar-refractivity contribution in [3.8, 4) is 0 Å². The molecule has 10 heavy (non-hydrogen) atoms. The average molecular weight is 187 g/mol. The zero-order chi connectivity index (χ0) is 8.20. The zero-order valence-electron chi connectivity index (χ0n) is 6.36. The van der Waals surface area contributed by atoms with Gasteiger partial charge in [-0.15, -0.1) is 23.2 Å². The molecule has 62 valence electrons. The molecule has 0 aliphatic rings. The van der Waals surface area contributed by atoms with Gasteiger partial charge in [0.2, 0.25) is 0 Å². The molecule has 0 saturated carbocycles. The Hall–Kier alpha value is 0.500. The van der Waals surface area contributed by atoms with E-state index < -0.39 is 10.6 Å². The Balaban J connectivity index is 3.80. The SMILES string of the molecule is COC(C)(CC(Cl)Cl)OC. The van der Waals surface area contributed by atoms with Gasteiger partial charge in [-0.25, -0.2) is 0 Å². The first-order valence-corrected chi connectivity index (χ1v) is 3.80. The van der Waals surface area contributed by atoms with Gasteiger partial charge in [-0.1, -0.05) is 0 Å². The van der Waals surface area contributed by atoms with Crippen LogP contribution in [-0.4, -0.2) is 24.8 Å². The number of ether oxygens (including phenoxy) is 2. The van der Waals surface area contributed by atoms with E-state index in [4.69, 9.17) is 32.7 Å². The van der Waals surface area contributed by atoms with Crippen LogP contribution in [0.5, 0.6) is 0 Å². The minimum Gasteiger partial charge on any atom is -0.353 e. The Morgan fingerprint density at radius 3 is 1.80 bits per heavy atom. The molecule has 0 spiro atoms.